The summed E-state index contributed by atoms with van der Waals surface area (Å²) < 4.78 is 27.0. The largest absolute Gasteiger partial charge is 0.508 e. The van der Waals surface area contributed by atoms with Crippen molar-refractivity contribution in [1.29, 1.82) is 0 Å². The van der Waals surface area contributed by atoms with E-state index in [4.69, 9.17) is 17.3 Å². The van der Waals surface area contributed by atoms with Crippen molar-refractivity contribution in [3.05, 3.63) is 69.5 Å². The highest BCUT2D eigenvalue weighted by atomic mass is 35.5. The molecule has 15 nitrogen and oxygen atoms in total. The van der Waals surface area contributed by atoms with Crippen LogP contribution >= 0.6 is 11.6 Å². The number of ketones is 2. The fourth-order valence-electron chi connectivity index (χ4n) is 6.66. The van der Waals surface area contributed by atoms with Crippen molar-refractivity contribution in [3.63, 3.8) is 0 Å². The molecule has 2 aromatic rings. The van der Waals surface area contributed by atoms with Gasteiger partial charge in [0.1, 0.15) is 22.8 Å². The van der Waals surface area contributed by atoms with E-state index in [1.54, 1.807) is 4.72 Å². The molecule has 17 heteroatoms. The van der Waals surface area contributed by atoms with E-state index < -0.39 is 109 Å². The maximum absolute atomic E-state index is 14.1. The first-order chi connectivity index (χ1) is 21.4. The Morgan fingerprint density at radius 1 is 1.04 bits per heavy atom. The van der Waals surface area contributed by atoms with Gasteiger partial charge in [-0.15, -0.1) is 0 Å². The van der Waals surface area contributed by atoms with Crippen LogP contribution in [0.25, 0.3) is 5.76 Å². The number of anilines is 1. The number of phenolic OH excluding ortho intramolecular Hbond substituents is 1. The SMILES string of the molecule is C[C@H]1c2ccc(NC(=O)NS(=O)(=O)c3ccc(Cl)cc3)c(O)c2C(O)=C2C(=O)[C@]3(O)C(O)=C(C(N)=O)C(=O)[C@@H](N(C)C)C3C(O)C21. The Bertz CT molecular complexity index is 1890. The molecule has 0 bridgehead atoms. The topological polar surface area (TPSA) is 257 Å². The van der Waals surface area contributed by atoms with E-state index in [2.05, 4.69) is 5.32 Å². The smallest absolute Gasteiger partial charge is 0.333 e. The molecule has 0 aliphatic heterocycles. The first kappa shape index (κ1) is 32.9. The molecule has 244 valence electrons. The molecule has 0 spiro atoms. The maximum atomic E-state index is 14.1. The minimum absolute atomic E-state index is 0.182. The number of Topliss-reactive ketones (excluding diaryl/α,β-unsaturated/α-hetero) is 2. The predicted molar refractivity (Wildman–Crippen MR) is 161 cm³/mol. The van der Waals surface area contributed by atoms with Crippen LogP contribution < -0.4 is 15.8 Å². The Morgan fingerprint density at radius 2 is 1.65 bits per heavy atom. The van der Waals surface area contributed by atoms with Gasteiger partial charge in [-0.25, -0.2) is 17.9 Å². The summed E-state index contributed by atoms with van der Waals surface area (Å²) >= 11 is 5.78. The number of nitrogens with two attached hydrogens (primary N) is 1. The zero-order valence-corrected chi connectivity index (χ0v) is 25.9. The summed E-state index contributed by atoms with van der Waals surface area (Å²) in [6.45, 7) is 1.54. The number of primary amides is 1. The number of nitrogens with one attached hydrogen (secondary N) is 2. The zero-order chi connectivity index (χ0) is 34.2. The van der Waals surface area contributed by atoms with Crippen LogP contribution in [0.4, 0.5) is 10.5 Å². The van der Waals surface area contributed by atoms with Gasteiger partial charge in [0.25, 0.3) is 15.9 Å². The van der Waals surface area contributed by atoms with Gasteiger partial charge in [-0.2, -0.15) is 0 Å². The van der Waals surface area contributed by atoms with Crippen LogP contribution in [0.1, 0.15) is 24.0 Å². The lowest BCUT2D eigenvalue weighted by Crippen LogP contribution is -2.70. The average molecular weight is 677 g/mol. The number of aromatic hydroxyl groups is 1. The van der Waals surface area contributed by atoms with E-state index in [-0.39, 0.29) is 15.5 Å². The minimum atomic E-state index is -4.37. The summed E-state index contributed by atoms with van der Waals surface area (Å²) in [4.78, 5) is 53.1. The van der Waals surface area contributed by atoms with E-state index >= 15 is 0 Å². The summed E-state index contributed by atoms with van der Waals surface area (Å²) in [6.07, 6.45) is -1.78. The Morgan fingerprint density at radius 3 is 2.22 bits per heavy atom. The summed E-state index contributed by atoms with van der Waals surface area (Å²) in [5, 5.41) is 59.4. The van der Waals surface area contributed by atoms with Crippen molar-refractivity contribution in [2.24, 2.45) is 17.6 Å². The maximum Gasteiger partial charge on any atom is 0.333 e. The standard InChI is InChI=1S/C29H29ClN4O11S/c1-10-13-8-9-14(32-28(42)33-46(44,45)12-6-4-11(30)5-7-12)21(35)16(13)22(36)17-15(10)23(37)19-20(34(2)3)24(38)18(27(31)41)26(40)29(19,43)25(17)39/h4-10,15,19-20,23,35-37,40,43H,1-3H3,(H2,31,41)(H2,32,33,42)/t10-,15?,19?,20-,23?,29-/m0/s1. The number of nitrogens with zero attached hydrogens (tertiary/aromatic N) is 1. The Hall–Kier alpha value is -4.48. The molecule has 0 heterocycles. The summed E-state index contributed by atoms with van der Waals surface area (Å²) in [5.41, 5.74) is -0.0617. The number of fused-ring (bicyclic) bond motifs is 3. The van der Waals surface area contributed by atoms with Gasteiger partial charge in [0, 0.05) is 16.5 Å². The molecule has 9 N–H and O–H groups in total. The van der Waals surface area contributed by atoms with Gasteiger partial charge < -0.3 is 36.6 Å². The highest BCUT2D eigenvalue weighted by Gasteiger charge is 2.68. The molecule has 3 unspecified atom stereocenters. The summed E-state index contributed by atoms with van der Waals surface area (Å²) in [5.74, 6) is -10.8. The lowest BCUT2D eigenvalue weighted by Gasteiger charge is -2.53. The number of carbonyl (C=O) groups is 4. The second kappa shape index (κ2) is 11.1. The van der Waals surface area contributed by atoms with Gasteiger partial charge in [0.05, 0.1) is 34.2 Å². The van der Waals surface area contributed by atoms with Crippen LogP contribution in [0.15, 0.2) is 58.2 Å². The van der Waals surface area contributed by atoms with Gasteiger partial charge in [-0.1, -0.05) is 24.6 Å². The van der Waals surface area contributed by atoms with Gasteiger partial charge >= 0.3 is 6.03 Å². The molecular weight excluding hydrogens is 648 g/mol. The molecule has 1 saturated carbocycles. The number of aliphatic hydroxyl groups excluding tert-OH is 3. The van der Waals surface area contributed by atoms with Crippen molar-refractivity contribution in [2.75, 3.05) is 19.4 Å². The number of hydrogen-bond acceptors (Lipinski definition) is 12. The molecule has 0 radical (unpaired) electrons. The number of likely N-dealkylation sites (N-methyl/N-ethyl adjacent to an activating group) is 1. The Balaban J connectivity index is 1.59. The van der Waals surface area contributed by atoms with Crippen LogP contribution in [0.3, 0.4) is 0 Å². The predicted octanol–water partition coefficient (Wildman–Crippen LogP) is 0.660. The van der Waals surface area contributed by atoms with Crippen molar-refractivity contribution in [1.82, 2.24) is 9.62 Å². The van der Waals surface area contributed by atoms with E-state index in [0.717, 1.165) is 12.1 Å². The summed E-state index contributed by atoms with van der Waals surface area (Å²) in [7, 11) is -1.58. The van der Waals surface area contributed by atoms with Gasteiger partial charge in [-0.05, 0) is 55.9 Å². The van der Waals surface area contributed by atoms with Crippen molar-refractivity contribution in [2.45, 2.75) is 35.5 Å². The fourth-order valence-corrected chi connectivity index (χ4v) is 7.69. The first-order valence-corrected chi connectivity index (χ1v) is 15.5. The van der Waals surface area contributed by atoms with Crippen molar-refractivity contribution < 1.29 is 53.1 Å². The number of carbonyl (C=O) groups excluding carboxylic acids is 4. The van der Waals surface area contributed by atoms with E-state index in [9.17, 15) is 53.1 Å². The average Bonchev–Trinajstić information content (AvgIpc) is 2.95. The van der Waals surface area contributed by atoms with Crippen LogP contribution in [-0.2, 0) is 24.4 Å². The second-order valence-corrected chi connectivity index (χ2v) is 13.6. The normalized spacial score (nSPS) is 27.6. The Labute approximate surface area is 266 Å². The number of sulfonamides is 1. The molecule has 2 aromatic carbocycles. The highest BCUT2D eigenvalue weighted by molar-refractivity contribution is 7.90. The molecule has 5 rings (SSSR count). The minimum Gasteiger partial charge on any atom is -0.508 e. The van der Waals surface area contributed by atoms with Crippen LogP contribution in [0.2, 0.25) is 5.02 Å². The molecule has 0 saturated heterocycles. The van der Waals surface area contributed by atoms with Gasteiger partial charge in [-0.3, -0.25) is 19.3 Å². The molecule has 3 amide bonds. The zero-order valence-electron chi connectivity index (χ0n) is 24.3. The number of urea groups is 1. The fraction of sp³-hybridized carbons (Fsp3) is 0.310. The van der Waals surface area contributed by atoms with Crippen LogP contribution in [0, 0.1) is 11.8 Å². The number of phenols is 1. The highest BCUT2D eigenvalue weighted by Crippen LogP contribution is 2.56. The molecule has 3 aliphatic carbocycles. The van der Waals surface area contributed by atoms with Crippen LogP contribution in [-0.4, -0.2) is 94.2 Å². The molecule has 46 heavy (non-hydrogen) atoms. The Kier molecular flexibility index (Phi) is 7.94. The number of benzene rings is 2. The number of rotatable bonds is 5. The monoisotopic (exact) mass is 676 g/mol. The molecular formula is C29H29ClN4O11S. The molecule has 0 aromatic heterocycles. The first-order valence-electron chi connectivity index (χ1n) is 13.6. The quantitative estimate of drug-likeness (QED) is 0.160. The third-order valence-corrected chi connectivity index (χ3v) is 10.3. The van der Waals surface area contributed by atoms with Gasteiger partial charge in [0.15, 0.2) is 11.4 Å². The lowest BCUT2D eigenvalue weighted by atomic mass is 9.54. The van der Waals surface area contributed by atoms with Crippen molar-refractivity contribution >= 4 is 56.6 Å². The van der Waals surface area contributed by atoms with Crippen molar-refractivity contribution in [3.8, 4) is 5.75 Å². The molecule has 1 fully saturated rings. The molecule has 3 aliphatic rings. The lowest BCUT2D eigenvalue weighted by molar-refractivity contribution is -0.169. The van der Waals surface area contributed by atoms with E-state index in [0.29, 0.717) is 0 Å². The number of aliphatic hydroxyl groups is 4. The summed E-state index contributed by atoms with van der Waals surface area (Å²) in [6, 6.07) is 4.67. The number of hydrogen-bond donors (Lipinski definition) is 8. The second-order valence-electron chi connectivity index (χ2n) is 11.5. The van der Waals surface area contributed by atoms with Crippen LogP contribution in [0.5, 0.6) is 5.75 Å². The number of halogens is 1. The molecule has 6 atom stereocenters. The third kappa shape index (κ3) is 4.72. The van der Waals surface area contributed by atoms with E-state index in [1.807, 2.05) is 0 Å². The van der Waals surface area contributed by atoms with E-state index in [1.165, 1.54) is 50.2 Å². The number of amides is 3. The third-order valence-electron chi connectivity index (χ3n) is 8.73. The van der Waals surface area contributed by atoms with Gasteiger partial charge in [0.2, 0.25) is 5.78 Å².